The van der Waals surface area contributed by atoms with Gasteiger partial charge in [-0.15, -0.1) is 0 Å². The van der Waals surface area contributed by atoms with Gasteiger partial charge in [0.2, 0.25) is 0 Å². The molecule has 3 heterocycles. The molecule has 0 bridgehead atoms. The normalized spacial score (nSPS) is 14.7. The summed E-state index contributed by atoms with van der Waals surface area (Å²) < 4.78 is 46.8. The molecule has 1 fully saturated rings. The molecule has 0 aliphatic carbocycles. The van der Waals surface area contributed by atoms with Crippen LogP contribution in [-0.2, 0) is 30.5 Å². The van der Waals surface area contributed by atoms with E-state index in [1.54, 1.807) is 30.5 Å². The number of aromatic nitrogens is 2. The fourth-order valence-corrected chi connectivity index (χ4v) is 5.36. The third kappa shape index (κ3) is 7.62. The average Bonchev–Trinajstić information content (AvgIpc) is 3.41. The summed E-state index contributed by atoms with van der Waals surface area (Å²) in [5.74, 6) is -1.07. The number of hydrogen-bond acceptors (Lipinski definition) is 7. The summed E-state index contributed by atoms with van der Waals surface area (Å²) in [4.78, 5) is 38.4. The number of piperazine rings is 1. The van der Waals surface area contributed by atoms with E-state index in [0.717, 1.165) is 35.7 Å². The lowest BCUT2D eigenvalue weighted by Gasteiger charge is -2.33. The molecule has 9 nitrogen and oxygen atoms in total. The van der Waals surface area contributed by atoms with Crippen LogP contribution in [0.3, 0.4) is 0 Å². The molecule has 0 spiro atoms. The number of carbonyl (C=O) groups excluding carboxylic acids is 2. The molecular formula is C32H35F3N6O3. The van der Waals surface area contributed by atoms with Gasteiger partial charge in [0.05, 0.1) is 12.7 Å². The molecule has 2 aromatic heterocycles. The van der Waals surface area contributed by atoms with Gasteiger partial charge in [-0.3, -0.25) is 14.6 Å². The maximum Gasteiger partial charge on any atom is 0.416 e. The molecule has 232 valence electrons. The van der Waals surface area contributed by atoms with Crippen LogP contribution >= 0.6 is 0 Å². The van der Waals surface area contributed by atoms with Crippen molar-refractivity contribution in [2.75, 3.05) is 52.7 Å². The van der Waals surface area contributed by atoms with Crippen molar-refractivity contribution in [3.05, 3.63) is 94.3 Å². The van der Waals surface area contributed by atoms with Crippen LogP contribution in [-0.4, -0.2) is 83.9 Å². The molecular weight excluding hydrogens is 573 g/mol. The quantitative estimate of drug-likeness (QED) is 0.259. The van der Waals surface area contributed by atoms with E-state index in [9.17, 15) is 22.8 Å². The summed E-state index contributed by atoms with van der Waals surface area (Å²) in [6.07, 6.45) is -2.84. The lowest BCUT2D eigenvalue weighted by Crippen LogP contribution is -2.44. The molecule has 5 rings (SSSR count). The molecule has 12 heteroatoms. The molecule has 0 radical (unpaired) electrons. The number of halogens is 3. The van der Waals surface area contributed by atoms with Crippen molar-refractivity contribution >= 4 is 28.6 Å². The smallest absolute Gasteiger partial charge is 0.416 e. The predicted octanol–water partition coefficient (Wildman–Crippen LogP) is 5.00. The number of nitrogens with zero attached hydrogens (tertiary/aromatic N) is 4. The van der Waals surface area contributed by atoms with Crippen LogP contribution < -0.4 is 5.32 Å². The minimum absolute atomic E-state index is 0.0509. The van der Waals surface area contributed by atoms with Crippen LogP contribution in [0.25, 0.3) is 11.0 Å². The first-order chi connectivity index (χ1) is 21.0. The number of likely N-dealkylation sites (N-methyl/N-ethyl adjacent to an activating group) is 1. The maximum absolute atomic E-state index is 14.0. The number of ether oxygens (including phenoxy) is 1. The van der Waals surface area contributed by atoms with Crippen LogP contribution in [0.15, 0.2) is 60.8 Å². The predicted molar refractivity (Wildman–Crippen MR) is 161 cm³/mol. The Kier molecular flexibility index (Phi) is 9.33. The van der Waals surface area contributed by atoms with E-state index in [1.165, 1.54) is 19.2 Å². The van der Waals surface area contributed by atoms with Gasteiger partial charge in [-0.25, -0.2) is 9.78 Å². The summed E-state index contributed by atoms with van der Waals surface area (Å²) in [7, 11) is 5.25. The Balaban J connectivity index is 1.23. The number of anilines is 1. The van der Waals surface area contributed by atoms with Gasteiger partial charge in [-0.05, 0) is 67.2 Å². The summed E-state index contributed by atoms with van der Waals surface area (Å²) in [5.41, 5.74) is 2.59. The number of pyridine rings is 1. The first kappa shape index (κ1) is 31.2. The number of amides is 1. The van der Waals surface area contributed by atoms with Gasteiger partial charge < -0.3 is 19.9 Å². The fraction of sp³-hybridized carbons (Fsp3) is 0.344. The third-order valence-electron chi connectivity index (χ3n) is 7.69. The standard InChI is InChI=1S/C32H35F3N6O3/c1-39-9-11-41(12-10-39)20-24-8-7-23(15-27(24)32(33,34)35)30(42)37-26-6-4-5-21(14-26)18-40(2)19-22-13-25-16-28(31(43)44-3)38-29(25)36-17-22/h4-8,13-17H,9-12,18-20H2,1-3H3,(H,36,38)(H,37,42). The SMILES string of the molecule is COC(=O)c1cc2cc(CN(C)Cc3cccc(NC(=O)c4ccc(CN5CCN(C)CC5)c(C(F)(F)F)c4)c3)cnc2[nH]1. The molecule has 1 saturated heterocycles. The van der Waals surface area contributed by atoms with E-state index >= 15 is 0 Å². The van der Waals surface area contributed by atoms with Crippen LogP contribution in [0.4, 0.5) is 18.9 Å². The molecule has 44 heavy (non-hydrogen) atoms. The van der Waals surface area contributed by atoms with E-state index in [0.29, 0.717) is 43.2 Å². The lowest BCUT2D eigenvalue weighted by atomic mass is 10.0. The van der Waals surface area contributed by atoms with E-state index in [1.807, 2.05) is 31.1 Å². The number of benzene rings is 2. The van der Waals surface area contributed by atoms with Gasteiger partial charge in [-0.2, -0.15) is 13.2 Å². The first-order valence-electron chi connectivity index (χ1n) is 14.2. The number of aromatic amines is 1. The monoisotopic (exact) mass is 608 g/mol. The Morgan fingerprint density at radius 2 is 1.77 bits per heavy atom. The average molecular weight is 609 g/mol. The van der Waals surface area contributed by atoms with Crippen molar-refractivity contribution in [3.8, 4) is 0 Å². The van der Waals surface area contributed by atoms with Crippen molar-refractivity contribution in [2.24, 2.45) is 0 Å². The van der Waals surface area contributed by atoms with Gasteiger partial charge in [0, 0.05) is 68.6 Å². The lowest BCUT2D eigenvalue weighted by molar-refractivity contribution is -0.138. The second-order valence-corrected chi connectivity index (χ2v) is 11.2. The Morgan fingerprint density at radius 1 is 1.02 bits per heavy atom. The Morgan fingerprint density at radius 3 is 2.50 bits per heavy atom. The molecule has 1 aliphatic rings. The molecule has 2 N–H and O–H groups in total. The Labute approximate surface area is 253 Å². The minimum Gasteiger partial charge on any atom is -0.464 e. The van der Waals surface area contributed by atoms with Gasteiger partial charge in [0.1, 0.15) is 11.3 Å². The van der Waals surface area contributed by atoms with Gasteiger partial charge >= 0.3 is 12.1 Å². The number of rotatable bonds is 9. The highest BCUT2D eigenvalue weighted by Gasteiger charge is 2.34. The number of alkyl halides is 3. The van der Waals surface area contributed by atoms with Crippen LogP contribution in [0.5, 0.6) is 0 Å². The second kappa shape index (κ2) is 13.2. The highest BCUT2D eigenvalue weighted by Crippen LogP contribution is 2.34. The van der Waals surface area contributed by atoms with Crippen LogP contribution in [0.2, 0.25) is 0 Å². The number of H-pyrrole nitrogens is 1. The highest BCUT2D eigenvalue weighted by molar-refractivity contribution is 6.04. The van der Waals surface area contributed by atoms with Crippen molar-refractivity contribution in [1.82, 2.24) is 24.7 Å². The minimum atomic E-state index is -4.58. The van der Waals surface area contributed by atoms with Crippen LogP contribution in [0.1, 0.15) is 43.1 Å². The molecule has 1 aliphatic heterocycles. The molecule has 0 saturated carbocycles. The Hall–Kier alpha value is -4.26. The summed E-state index contributed by atoms with van der Waals surface area (Å²) in [5, 5.41) is 3.54. The summed E-state index contributed by atoms with van der Waals surface area (Å²) in [6.45, 7) is 4.29. The molecule has 2 aromatic carbocycles. The fourth-order valence-electron chi connectivity index (χ4n) is 5.36. The number of esters is 1. The van der Waals surface area contributed by atoms with Gasteiger partial charge in [0.25, 0.3) is 5.91 Å². The number of methoxy groups -OCH3 is 1. The van der Waals surface area contributed by atoms with Gasteiger partial charge in [0.15, 0.2) is 0 Å². The number of nitrogens with one attached hydrogen (secondary N) is 2. The maximum atomic E-state index is 14.0. The highest BCUT2D eigenvalue weighted by atomic mass is 19.4. The molecule has 1 amide bonds. The second-order valence-electron chi connectivity index (χ2n) is 11.2. The van der Waals surface area contributed by atoms with Crippen molar-refractivity contribution in [3.63, 3.8) is 0 Å². The number of fused-ring (bicyclic) bond motifs is 1. The Bertz CT molecular complexity index is 1650. The zero-order chi connectivity index (χ0) is 31.4. The molecule has 4 aromatic rings. The topological polar surface area (TPSA) is 93.8 Å². The number of carbonyl (C=O) groups is 2. The van der Waals surface area contributed by atoms with Crippen molar-refractivity contribution < 1.29 is 27.5 Å². The van der Waals surface area contributed by atoms with Crippen LogP contribution in [0, 0.1) is 0 Å². The molecule has 0 atom stereocenters. The zero-order valence-electron chi connectivity index (χ0n) is 24.9. The van der Waals surface area contributed by atoms with Crippen molar-refractivity contribution in [2.45, 2.75) is 25.8 Å². The zero-order valence-corrected chi connectivity index (χ0v) is 24.9. The largest absolute Gasteiger partial charge is 0.464 e. The third-order valence-corrected chi connectivity index (χ3v) is 7.69. The summed E-state index contributed by atoms with van der Waals surface area (Å²) in [6, 6.07) is 14.7. The van der Waals surface area contributed by atoms with E-state index in [4.69, 9.17) is 4.74 Å². The molecule has 0 unspecified atom stereocenters. The van der Waals surface area contributed by atoms with E-state index < -0.39 is 23.6 Å². The first-order valence-corrected chi connectivity index (χ1v) is 14.2. The summed E-state index contributed by atoms with van der Waals surface area (Å²) >= 11 is 0. The van der Waals surface area contributed by atoms with E-state index in [-0.39, 0.29) is 17.7 Å². The van der Waals surface area contributed by atoms with E-state index in [2.05, 4.69) is 25.1 Å². The van der Waals surface area contributed by atoms with Crippen molar-refractivity contribution in [1.29, 1.82) is 0 Å². The van der Waals surface area contributed by atoms with Gasteiger partial charge in [-0.1, -0.05) is 18.2 Å². The number of hydrogen-bond donors (Lipinski definition) is 2.